The number of hydrogen-bond acceptors (Lipinski definition) is 8. The van der Waals surface area contributed by atoms with Gasteiger partial charge in [0.1, 0.15) is 5.75 Å². The fourth-order valence-corrected chi connectivity index (χ4v) is 2.63. The normalized spacial score (nSPS) is 11.6. The summed E-state index contributed by atoms with van der Waals surface area (Å²) in [5.41, 5.74) is 0.668. The standard InChI is InChI=1S/C20H19ClN2O6/c1-12(28-15-6-4-5-14(21)10-15)20(24)27-11-18-22-19(23-29-18)13-7-8-16(25-2)17(9-13)26-3/h4-10,12H,11H2,1-3H3. The SMILES string of the molecule is COc1ccc(-c2noc(COC(=O)C(C)Oc3cccc(Cl)c3)n2)cc1OC. The number of carbonyl (C=O) groups excluding carboxylic acids is 1. The molecule has 29 heavy (non-hydrogen) atoms. The quantitative estimate of drug-likeness (QED) is 0.508. The summed E-state index contributed by atoms with van der Waals surface area (Å²) in [5.74, 6) is 1.50. The van der Waals surface area contributed by atoms with Crippen LogP contribution < -0.4 is 14.2 Å². The molecule has 3 rings (SSSR count). The van der Waals surface area contributed by atoms with Gasteiger partial charge in [0, 0.05) is 10.6 Å². The fraction of sp³-hybridized carbons (Fsp3) is 0.250. The lowest BCUT2D eigenvalue weighted by Gasteiger charge is -2.13. The van der Waals surface area contributed by atoms with E-state index in [9.17, 15) is 4.79 Å². The largest absolute Gasteiger partial charge is 0.493 e. The van der Waals surface area contributed by atoms with E-state index in [0.29, 0.717) is 33.7 Å². The molecular weight excluding hydrogens is 400 g/mol. The van der Waals surface area contributed by atoms with Crippen LogP contribution in [0.4, 0.5) is 0 Å². The van der Waals surface area contributed by atoms with Crippen LogP contribution in [-0.2, 0) is 16.1 Å². The summed E-state index contributed by atoms with van der Waals surface area (Å²) < 4.78 is 26.3. The summed E-state index contributed by atoms with van der Waals surface area (Å²) in [6, 6.07) is 12.0. The first-order valence-electron chi connectivity index (χ1n) is 8.64. The number of benzene rings is 2. The van der Waals surface area contributed by atoms with Gasteiger partial charge < -0.3 is 23.5 Å². The Bertz CT molecular complexity index is 991. The Hall–Kier alpha value is -3.26. The van der Waals surface area contributed by atoms with Gasteiger partial charge >= 0.3 is 5.97 Å². The molecule has 8 nitrogen and oxygen atoms in total. The highest BCUT2D eigenvalue weighted by molar-refractivity contribution is 6.30. The molecule has 152 valence electrons. The number of hydrogen-bond donors (Lipinski definition) is 0. The summed E-state index contributed by atoms with van der Waals surface area (Å²) in [5, 5.41) is 4.41. The van der Waals surface area contributed by atoms with Crippen molar-refractivity contribution < 1.29 is 28.3 Å². The Balaban J connectivity index is 1.59. The van der Waals surface area contributed by atoms with Crippen LogP contribution in [-0.4, -0.2) is 36.4 Å². The van der Waals surface area contributed by atoms with Gasteiger partial charge in [0.05, 0.1) is 14.2 Å². The maximum Gasteiger partial charge on any atom is 0.347 e. The van der Waals surface area contributed by atoms with Crippen LogP contribution in [0, 0.1) is 0 Å². The Morgan fingerprint density at radius 1 is 1.14 bits per heavy atom. The van der Waals surface area contributed by atoms with E-state index in [1.54, 1.807) is 56.5 Å². The van der Waals surface area contributed by atoms with E-state index in [2.05, 4.69) is 10.1 Å². The van der Waals surface area contributed by atoms with Gasteiger partial charge in [-0.15, -0.1) is 0 Å². The Kier molecular flexibility index (Phi) is 6.56. The second-order valence-electron chi connectivity index (χ2n) is 5.91. The van der Waals surface area contributed by atoms with Gasteiger partial charge in [-0.2, -0.15) is 4.98 Å². The first-order valence-corrected chi connectivity index (χ1v) is 9.01. The molecule has 0 N–H and O–H groups in total. The minimum Gasteiger partial charge on any atom is -0.493 e. The zero-order valence-electron chi connectivity index (χ0n) is 16.0. The van der Waals surface area contributed by atoms with Crippen LogP contribution in [0.25, 0.3) is 11.4 Å². The van der Waals surface area contributed by atoms with Gasteiger partial charge in [0.2, 0.25) is 5.82 Å². The van der Waals surface area contributed by atoms with Crippen LogP contribution in [0.5, 0.6) is 17.2 Å². The van der Waals surface area contributed by atoms with Crippen LogP contribution in [0.1, 0.15) is 12.8 Å². The highest BCUT2D eigenvalue weighted by Crippen LogP contribution is 2.31. The zero-order chi connectivity index (χ0) is 20.8. The van der Waals surface area contributed by atoms with Crippen molar-refractivity contribution >= 4 is 17.6 Å². The third-order valence-electron chi connectivity index (χ3n) is 3.89. The number of nitrogens with zero attached hydrogens (tertiary/aromatic N) is 2. The fourth-order valence-electron chi connectivity index (χ4n) is 2.45. The number of methoxy groups -OCH3 is 2. The summed E-state index contributed by atoms with van der Waals surface area (Å²) >= 11 is 5.90. The molecule has 0 aliphatic carbocycles. The molecule has 0 aliphatic heterocycles. The first kappa shape index (κ1) is 20.5. The van der Waals surface area contributed by atoms with Gasteiger partial charge in [0.15, 0.2) is 24.2 Å². The van der Waals surface area contributed by atoms with Crippen molar-refractivity contribution in [2.45, 2.75) is 19.6 Å². The van der Waals surface area contributed by atoms with Crippen molar-refractivity contribution in [1.29, 1.82) is 0 Å². The van der Waals surface area contributed by atoms with Gasteiger partial charge in [-0.3, -0.25) is 0 Å². The predicted octanol–water partition coefficient (Wildman–Crippen LogP) is 3.92. The van der Waals surface area contributed by atoms with Crippen LogP contribution in [0.15, 0.2) is 47.0 Å². The number of ether oxygens (including phenoxy) is 4. The lowest BCUT2D eigenvalue weighted by Crippen LogP contribution is -2.26. The highest BCUT2D eigenvalue weighted by Gasteiger charge is 2.19. The molecule has 1 unspecified atom stereocenters. The average molecular weight is 419 g/mol. The molecule has 0 fully saturated rings. The molecule has 9 heteroatoms. The maximum absolute atomic E-state index is 12.1. The molecule has 0 amide bonds. The number of esters is 1. The third kappa shape index (κ3) is 5.17. The minimum atomic E-state index is -0.832. The molecular formula is C20H19ClN2O6. The second-order valence-corrected chi connectivity index (χ2v) is 6.34. The van der Waals surface area contributed by atoms with Crippen LogP contribution >= 0.6 is 11.6 Å². The van der Waals surface area contributed by atoms with E-state index >= 15 is 0 Å². The Labute approximate surface area is 172 Å². The number of halogens is 1. The summed E-state index contributed by atoms with van der Waals surface area (Å²) in [7, 11) is 3.09. The molecule has 0 radical (unpaired) electrons. The van der Waals surface area contributed by atoms with Crippen LogP contribution in [0.3, 0.4) is 0 Å². The maximum atomic E-state index is 12.1. The van der Waals surface area contributed by atoms with Crippen molar-refractivity contribution in [3.8, 4) is 28.6 Å². The van der Waals surface area contributed by atoms with Crippen molar-refractivity contribution in [2.24, 2.45) is 0 Å². The molecule has 1 heterocycles. The predicted molar refractivity (Wildman–Crippen MR) is 104 cm³/mol. The Morgan fingerprint density at radius 2 is 1.93 bits per heavy atom. The second kappa shape index (κ2) is 9.29. The number of aromatic nitrogens is 2. The minimum absolute atomic E-state index is 0.151. The summed E-state index contributed by atoms with van der Waals surface area (Å²) in [4.78, 5) is 16.4. The monoisotopic (exact) mass is 418 g/mol. The van der Waals surface area contributed by atoms with E-state index < -0.39 is 12.1 Å². The van der Waals surface area contributed by atoms with Gasteiger partial charge in [-0.1, -0.05) is 22.8 Å². The molecule has 0 spiro atoms. The highest BCUT2D eigenvalue weighted by atomic mass is 35.5. The van der Waals surface area contributed by atoms with E-state index in [4.69, 9.17) is 35.1 Å². The van der Waals surface area contributed by atoms with E-state index in [1.165, 1.54) is 7.11 Å². The molecule has 1 aromatic heterocycles. The van der Waals surface area contributed by atoms with E-state index in [0.717, 1.165) is 0 Å². The average Bonchev–Trinajstić information content (AvgIpc) is 3.20. The number of rotatable bonds is 8. The topological polar surface area (TPSA) is 92.9 Å². The lowest BCUT2D eigenvalue weighted by molar-refractivity contribution is -0.153. The third-order valence-corrected chi connectivity index (χ3v) is 4.12. The Morgan fingerprint density at radius 3 is 2.66 bits per heavy atom. The van der Waals surface area contributed by atoms with Crippen molar-refractivity contribution in [1.82, 2.24) is 10.1 Å². The van der Waals surface area contributed by atoms with E-state index in [-0.39, 0.29) is 12.5 Å². The first-order chi connectivity index (χ1) is 14.0. The molecule has 1 atom stereocenters. The smallest absolute Gasteiger partial charge is 0.347 e. The van der Waals surface area contributed by atoms with Gasteiger partial charge in [-0.25, -0.2) is 4.79 Å². The molecule has 2 aromatic carbocycles. The van der Waals surface area contributed by atoms with Gasteiger partial charge in [0.25, 0.3) is 5.89 Å². The summed E-state index contributed by atoms with van der Waals surface area (Å²) in [6.07, 6.45) is -0.832. The summed E-state index contributed by atoms with van der Waals surface area (Å²) in [6.45, 7) is 1.40. The van der Waals surface area contributed by atoms with Gasteiger partial charge in [-0.05, 0) is 43.3 Å². The molecule has 0 aliphatic rings. The zero-order valence-corrected chi connectivity index (χ0v) is 16.8. The van der Waals surface area contributed by atoms with Crippen molar-refractivity contribution in [3.05, 3.63) is 53.4 Å². The van der Waals surface area contributed by atoms with Crippen LogP contribution in [0.2, 0.25) is 5.02 Å². The van der Waals surface area contributed by atoms with E-state index in [1.807, 2.05) is 0 Å². The number of carbonyl (C=O) groups is 1. The molecule has 0 saturated heterocycles. The molecule has 3 aromatic rings. The molecule has 0 saturated carbocycles. The lowest BCUT2D eigenvalue weighted by atomic mass is 10.2. The van der Waals surface area contributed by atoms with Crippen molar-refractivity contribution in [3.63, 3.8) is 0 Å². The van der Waals surface area contributed by atoms with Crippen molar-refractivity contribution in [2.75, 3.05) is 14.2 Å². The molecule has 0 bridgehead atoms.